The summed E-state index contributed by atoms with van der Waals surface area (Å²) in [6.07, 6.45) is 3.92. The van der Waals surface area contributed by atoms with Crippen molar-refractivity contribution in [2.24, 2.45) is 0 Å². The van der Waals surface area contributed by atoms with Crippen molar-refractivity contribution in [1.82, 2.24) is 9.80 Å². The largest absolute Gasteiger partial charge is 0.299 e. The number of benzene rings is 2. The van der Waals surface area contributed by atoms with Gasteiger partial charge in [0.05, 0.1) is 17.7 Å². The monoisotopic (exact) mass is 334 g/mol. The smallest absolute Gasteiger partial charge is 0.261 e. The maximum Gasteiger partial charge on any atom is 0.261 e. The van der Waals surface area contributed by atoms with Gasteiger partial charge in [0.1, 0.15) is 0 Å². The number of piperidine rings is 1. The van der Waals surface area contributed by atoms with Gasteiger partial charge in [-0.05, 0) is 49.2 Å². The van der Waals surface area contributed by atoms with Gasteiger partial charge in [0, 0.05) is 6.54 Å². The summed E-state index contributed by atoms with van der Waals surface area (Å²) in [7, 11) is 0. The summed E-state index contributed by atoms with van der Waals surface area (Å²) < 4.78 is 0. The van der Waals surface area contributed by atoms with E-state index >= 15 is 0 Å². The van der Waals surface area contributed by atoms with Gasteiger partial charge in [-0.15, -0.1) is 0 Å². The molecular weight excluding hydrogens is 312 g/mol. The van der Waals surface area contributed by atoms with Crippen LogP contribution in [-0.4, -0.2) is 34.7 Å². The lowest BCUT2D eigenvalue weighted by Gasteiger charge is -2.26. The highest BCUT2D eigenvalue weighted by atomic mass is 16.2. The zero-order chi connectivity index (χ0) is 17.2. The molecule has 0 atom stereocenters. The SMILES string of the molecule is O=C1c2ccccc2C(=O)N1Cc1ccc(CN2CCCCC2)cc1. The number of fused-ring (bicyclic) bond motifs is 1. The lowest BCUT2D eigenvalue weighted by Crippen LogP contribution is -2.29. The van der Waals surface area contributed by atoms with Gasteiger partial charge < -0.3 is 0 Å². The first-order valence-electron chi connectivity index (χ1n) is 8.98. The molecule has 4 rings (SSSR count). The summed E-state index contributed by atoms with van der Waals surface area (Å²) in [6.45, 7) is 3.66. The Labute approximate surface area is 148 Å². The van der Waals surface area contributed by atoms with E-state index in [2.05, 4.69) is 17.0 Å². The highest BCUT2D eigenvalue weighted by Gasteiger charge is 2.34. The van der Waals surface area contributed by atoms with Gasteiger partial charge in [-0.2, -0.15) is 0 Å². The normalized spacial score (nSPS) is 17.8. The topological polar surface area (TPSA) is 40.6 Å². The molecule has 2 aliphatic heterocycles. The molecule has 128 valence electrons. The predicted octanol–water partition coefficient (Wildman–Crippen LogP) is 3.47. The lowest BCUT2D eigenvalue weighted by atomic mass is 10.1. The Morgan fingerprint density at radius 3 is 1.76 bits per heavy atom. The predicted molar refractivity (Wildman–Crippen MR) is 96.2 cm³/mol. The van der Waals surface area contributed by atoms with Crippen molar-refractivity contribution in [3.63, 3.8) is 0 Å². The fraction of sp³-hybridized carbons (Fsp3) is 0.333. The number of likely N-dealkylation sites (tertiary alicyclic amines) is 1. The van der Waals surface area contributed by atoms with Crippen LogP contribution in [0.25, 0.3) is 0 Å². The van der Waals surface area contributed by atoms with Crippen molar-refractivity contribution in [2.75, 3.05) is 13.1 Å². The Bertz CT molecular complexity index is 757. The van der Waals surface area contributed by atoms with Crippen molar-refractivity contribution in [3.05, 3.63) is 70.8 Å². The van der Waals surface area contributed by atoms with Crippen LogP contribution in [0.4, 0.5) is 0 Å². The molecule has 0 unspecified atom stereocenters. The van der Waals surface area contributed by atoms with Gasteiger partial charge >= 0.3 is 0 Å². The third-order valence-corrected chi connectivity index (χ3v) is 5.10. The Balaban J connectivity index is 1.43. The summed E-state index contributed by atoms with van der Waals surface area (Å²) in [5.74, 6) is -0.393. The summed E-state index contributed by atoms with van der Waals surface area (Å²) in [5.41, 5.74) is 3.29. The third kappa shape index (κ3) is 3.22. The van der Waals surface area contributed by atoms with Crippen LogP contribution in [0, 0.1) is 0 Å². The quantitative estimate of drug-likeness (QED) is 0.804. The van der Waals surface area contributed by atoms with Crippen molar-refractivity contribution in [2.45, 2.75) is 32.4 Å². The van der Waals surface area contributed by atoms with Crippen molar-refractivity contribution < 1.29 is 9.59 Å². The Morgan fingerprint density at radius 2 is 1.20 bits per heavy atom. The number of amides is 2. The number of rotatable bonds is 4. The van der Waals surface area contributed by atoms with E-state index < -0.39 is 0 Å². The van der Waals surface area contributed by atoms with Crippen LogP contribution in [-0.2, 0) is 13.1 Å². The summed E-state index contributed by atoms with van der Waals surface area (Å²) in [6, 6.07) is 15.3. The van der Waals surface area contributed by atoms with Crippen LogP contribution in [0.15, 0.2) is 48.5 Å². The molecule has 2 aromatic rings. The van der Waals surface area contributed by atoms with Crippen LogP contribution in [0.2, 0.25) is 0 Å². The first-order chi connectivity index (χ1) is 12.2. The number of carbonyl (C=O) groups excluding carboxylic acids is 2. The van der Waals surface area contributed by atoms with Crippen LogP contribution < -0.4 is 0 Å². The van der Waals surface area contributed by atoms with Crippen molar-refractivity contribution in [3.8, 4) is 0 Å². The zero-order valence-corrected chi connectivity index (χ0v) is 14.3. The molecule has 0 radical (unpaired) electrons. The number of imide groups is 1. The van der Waals surface area contributed by atoms with Gasteiger partial charge in [0.15, 0.2) is 0 Å². The van der Waals surface area contributed by atoms with E-state index in [0.29, 0.717) is 17.7 Å². The maximum atomic E-state index is 12.4. The summed E-state index contributed by atoms with van der Waals surface area (Å²) in [5, 5.41) is 0. The van der Waals surface area contributed by atoms with E-state index in [-0.39, 0.29) is 11.8 Å². The highest BCUT2D eigenvalue weighted by molar-refractivity contribution is 6.21. The second kappa shape index (κ2) is 6.81. The molecule has 0 N–H and O–H groups in total. The first-order valence-corrected chi connectivity index (χ1v) is 8.98. The molecule has 4 nitrogen and oxygen atoms in total. The van der Waals surface area contributed by atoms with Crippen LogP contribution in [0.3, 0.4) is 0 Å². The fourth-order valence-electron chi connectivity index (χ4n) is 3.69. The van der Waals surface area contributed by atoms with Gasteiger partial charge in [-0.25, -0.2) is 0 Å². The van der Waals surface area contributed by atoms with Gasteiger partial charge in [0.25, 0.3) is 11.8 Å². The van der Waals surface area contributed by atoms with E-state index in [1.54, 1.807) is 24.3 Å². The van der Waals surface area contributed by atoms with E-state index in [0.717, 1.165) is 12.1 Å². The van der Waals surface area contributed by atoms with E-state index in [1.807, 2.05) is 12.1 Å². The Hall–Kier alpha value is -2.46. The fourth-order valence-corrected chi connectivity index (χ4v) is 3.69. The van der Waals surface area contributed by atoms with Crippen LogP contribution in [0.5, 0.6) is 0 Å². The molecule has 2 aromatic carbocycles. The number of hydrogen-bond acceptors (Lipinski definition) is 3. The molecule has 2 aliphatic rings. The van der Waals surface area contributed by atoms with Crippen molar-refractivity contribution in [1.29, 1.82) is 0 Å². The second-order valence-corrected chi connectivity index (χ2v) is 6.90. The minimum atomic E-state index is -0.196. The van der Waals surface area contributed by atoms with Crippen LogP contribution in [0.1, 0.15) is 51.1 Å². The molecule has 25 heavy (non-hydrogen) atoms. The van der Waals surface area contributed by atoms with E-state index in [9.17, 15) is 9.59 Å². The van der Waals surface area contributed by atoms with Gasteiger partial charge in [-0.3, -0.25) is 19.4 Å². The number of carbonyl (C=O) groups is 2. The average molecular weight is 334 g/mol. The summed E-state index contributed by atoms with van der Waals surface area (Å²) in [4.78, 5) is 28.7. The molecule has 0 aliphatic carbocycles. The molecular formula is C21H22N2O2. The Morgan fingerprint density at radius 1 is 0.680 bits per heavy atom. The molecule has 2 amide bonds. The molecule has 4 heteroatoms. The molecule has 0 bridgehead atoms. The number of nitrogens with zero attached hydrogens (tertiary/aromatic N) is 2. The molecule has 0 aromatic heterocycles. The minimum absolute atomic E-state index is 0.196. The molecule has 0 spiro atoms. The standard InChI is InChI=1S/C21H22N2O2/c24-20-18-6-2-3-7-19(18)21(25)23(20)15-17-10-8-16(9-11-17)14-22-12-4-1-5-13-22/h2-3,6-11H,1,4-5,12-15H2. The highest BCUT2D eigenvalue weighted by Crippen LogP contribution is 2.24. The average Bonchev–Trinajstić information content (AvgIpc) is 2.89. The zero-order valence-electron chi connectivity index (χ0n) is 14.3. The summed E-state index contributed by atoms with van der Waals surface area (Å²) >= 11 is 0. The first kappa shape index (κ1) is 16.0. The molecule has 0 saturated carbocycles. The minimum Gasteiger partial charge on any atom is -0.299 e. The molecule has 2 heterocycles. The molecule has 1 saturated heterocycles. The van der Waals surface area contributed by atoms with Gasteiger partial charge in [-0.1, -0.05) is 42.8 Å². The second-order valence-electron chi connectivity index (χ2n) is 6.90. The van der Waals surface area contributed by atoms with Crippen LogP contribution >= 0.6 is 0 Å². The van der Waals surface area contributed by atoms with Gasteiger partial charge in [0.2, 0.25) is 0 Å². The third-order valence-electron chi connectivity index (χ3n) is 5.10. The van der Waals surface area contributed by atoms with Crippen molar-refractivity contribution >= 4 is 11.8 Å². The molecule has 1 fully saturated rings. The lowest BCUT2D eigenvalue weighted by molar-refractivity contribution is 0.0642. The number of hydrogen-bond donors (Lipinski definition) is 0. The Kier molecular flexibility index (Phi) is 4.36. The van der Waals surface area contributed by atoms with E-state index in [4.69, 9.17) is 0 Å². The maximum absolute atomic E-state index is 12.4. The van der Waals surface area contributed by atoms with E-state index in [1.165, 1.54) is 42.8 Å².